The molecule has 5 aliphatic rings. The molecule has 3 fully saturated rings. The first-order valence-electron chi connectivity index (χ1n) is 15.9. The summed E-state index contributed by atoms with van der Waals surface area (Å²) in [6.07, 6.45) is 11.0. The van der Waals surface area contributed by atoms with E-state index in [1.807, 2.05) is 26.0 Å². The molecule has 0 saturated heterocycles. The Labute approximate surface area is 250 Å². The maximum Gasteiger partial charge on any atom is 0.233 e. The van der Waals surface area contributed by atoms with Crippen LogP contribution in [0.3, 0.4) is 0 Å². The maximum absolute atomic E-state index is 14.7. The Hall–Kier alpha value is -2.59. The minimum atomic E-state index is -0.662. The van der Waals surface area contributed by atoms with Crippen molar-refractivity contribution in [2.24, 2.45) is 44.8 Å². The molecule has 42 heavy (non-hydrogen) atoms. The lowest BCUT2D eigenvalue weighted by Crippen LogP contribution is -2.65. The largest absolute Gasteiger partial charge is 0.384 e. The molecule has 226 valence electrons. The predicted octanol–water partition coefficient (Wildman–Crippen LogP) is 6.73. The Morgan fingerprint density at radius 1 is 1.05 bits per heavy atom. The van der Waals surface area contributed by atoms with E-state index < -0.39 is 10.8 Å². The fourth-order valence-electron chi connectivity index (χ4n) is 10.8. The van der Waals surface area contributed by atoms with E-state index in [1.54, 1.807) is 7.11 Å². The number of fused-ring (bicyclic) bond motifs is 7. The average molecular weight is 574 g/mol. The highest BCUT2D eigenvalue weighted by Crippen LogP contribution is 2.74. The molecule has 6 rings (SSSR count). The van der Waals surface area contributed by atoms with Crippen LogP contribution in [0.1, 0.15) is 105 Å². The van der Waals surface area contributed by atoms with Crippen LogP contribution in [-0.2, 0) is 26.2 Å². The summed E-state index contributed by atoms with van der Waals surface area (Å²) >= 11 is 0. The van der Waals surface area contributed by atoms with Crippen molar-refractivity contribution in [3.05, 3.63) is 35.0 Å². The molecule has 0 spiro atoms. The van der Waals surface area contributed by atoms with Crippen molar-refractivity contribution >= 4 is 11.6 Å². The lowest BCUT2D eigenvalue weighted by molar-refractivity contribution is -0.161. The van der Waals surface area contributed by atoms with Crippen LogP contribution >= 0.6 is 0 Å². The zero-order valence-electron chi connectivity index (χ0n) is 26.7. The zero-order valence-corrected chi connectivity index (χ0v) is 26.7. The standard InChI is InChI=1S/C35H47N3O4/c1-30(2)12-14-35(29-37-26(38-42-29)10-16-41-8)15-13-34(7)27(22(35)19-30)23(39)17-25-32(5)18-21(20-36)28(40)31(3,4)24(32)9-11-33(25,34)6/h17-18,22,24,27H,9-16,19H2,1-8H3/t22?,24-,27?,32-,33+,34+,35-/m0/s1. The van der Waals surface area contributed by atoms with Gasteiger partial charge in [-0.2, -0.15) is 10.2 Å². The first-order valence-corrected chi connectivity index (χ1v) is 15.9. The highest BCUT2D eigenvalue weighted by molar-refractivity contribution is 6.04. The average Bonchev–Trinajstić information content (AvgIpc) is 3.40. The van der Waals surface area contributed by atoms with Crippen LogP contribution in [0.5, 0.6) is 0 Å². The van der Waals surface area contributed by atoms with E-state index in [4.69, 9.17) is 14.2 Å². The topological polar surface area (TPSA) is 106 Å². The summed E-state index contributed by atoms with van der Waals surface area (Å²) in [7, 11) is 1.68. The number of carbonyl (C=O) groups excluding carboxylic acids is 2. The van der Waals surface area contributed by atoms with Gasteiger partial charge in [-0.15, -0.1) is 0 Å². The predicted molar refractivity (Wildman–Crippen MR) is 158 cm³/mol. The molecule has 0 aliphatic heterocycles. The van der Waals surface area contributed by atoms with Crippen LogP contribution in [-0.4, -0.2) is 35.4 Å². The molecule has 0 amide bonds. The van der Waals surface area contributed by atoms with Crippen molar-refractivity contribution in [2.45, 2.75) is 105 Å². The van der Waals surface area contributed by atoms with Gasteiger partial charge < -0.3 is 9.26 Å². The summed E-state index contributed by atoms with van der Waals surface area (Å²) in [5.74, 6) is 1.47. The first kappa shape index (κ1) is 29.5. The molecule has 1 aromatic rings. The third-order valence-electron chi connectivity index (χ3n) is 13.3. The van der Waals surface area contributed by atoms with E-state index in [-0.39, 0.29) is 56.6 Å². The van der Waals surface area contributed by atoms with Gasteiger partial charge in [-0.3, -0.25) is 9.59 Å². The third kappa shape index (κ3) is 3.72. The minimum absolute atomic E-state index is 0.0436. The second-order valence-electron chi connectivity index (χ2n) is 16.2. The number of Topliss-reactive ketones (excluding diaryl/α,β-unsaturated/α-hetero) is 1. The summed E-state index contributed by atoms with van der Waals surface area (Å²) in [6.45, 7) is 16.1. The zero-order chi connectivity index (χ0) is 30.5. The maximum atomic E-state index is 14.7. The van der Waals surface area contributed by atoms with E-state index >= 15 is 0 Å². The molecule has 1 aromatic heterocycles. The van der Waals surface area contributed by atoms with Crippen LogP contribution in [0.2, 0.25) is 0 Å². The van der Waals surface area contributed by atoms with Gasteiger partial charge in [0.15, 0.2) is 17.4 Å². The Morgan fingerprint density at radius 3 is 2.45 bits per heavy atom. The van der Waals surface area contributed by atoms with Gasteiger partial charge in [0.2, 0.25) is 5.89 Å². The summed E-state index contributed by atoms with van der Waals surface area (Å²) < 4.78 is 11.3. The van der Waals surface area contributed by atoms with Crippen molar-refractivity contribution in [1.29, 1.82) is 5.26 Å². The number of aromatic nitrogens is 2. The Morgan fingerprint density at radius 2 is 1.76 bits per heavy atom. The third-order valence-corrected chi connectivity index (χ3v) is 13.3. The monoisotopic (exact) mass is 573 g/mol. The summed E-state index contributed by atoms with van der Waals surface area (Å²) in [6, 6.07) is 2.20. The number of rotatable bonds is 4. The van der Waals surface area contributed by atoms with Gasteiger partial charge in [0.05, 0.1) is 17.6 Å². The Bertz CT molecular complexity index is 1440. The van der Waals surface area contributed by atoms with Gasteiger partial charge >= 0.3 is 0 Å². The molecule has 7 atom stereocenters. The van der Waals surface area contributed by atoms with Crippen molar-refractivity contribution in [3.8, 4) is 6.07 Å². The number of allylic oxidation sites excluding steroid dienone is 4. The van der Waals surface area contributed by atoms with Gasteiger partial charge in [-0.1, -0.05) is 65.3 Å². The van der Waals surface area contributed by atoms with Gasteiger partial charge in [-0.25, -0.2) is 0 Å². The number of hydrogen-bond acceptors (Lipinski definition) is 7. The summed E-state index contributed by atoms with van der Waals surface area (Å²) in [4.78, 5) is 32.9. The fraction of sp³-hybridized carbons (Fsp3) is 0.743. The van der Waals surface area contributed by atoms with E-state index in [2.05, 4.69) is 45.8 Å². The molecular weight excluding hydrogens is 526 g/mol. The summed E-state index contributed by atoms with van der Waals surface area (Å²) in [5.41, 5.74) is -0.535. The SMILES string of the molecule is COCCc1noc([C@]23CCC(C)(C)CC2C2C(=O)C=C4[C@@]5(C)C=C(C#N)C(=O)C(C)(C)[C@@H]5CC[C@@]4(C)[C@]2(C)CC3)n1. The summed E-state index contributed by atoms with van der Waals surface area (Å²) in [5, 5.41) is 14.3. The highest BCUT2D eigenvalue weighted by atomic mass is 16.5. The lowest BCUT2D eigenvalue weighted by atomic mass is 9.34. The van der Waals surface area contributed by atoms with Crippen LogP contribution in [0, 0.1) is 56.2 Å². The van der Waals surface area contributed by atoms with Crippen molar-refractivity contribution in [3.63, 3.8) is 0 Å². The molecule has 7 heteroatoms. The van der Waals surface area contributed by atoms with E-state index in [0.717, 1.165) is 50.5 Å². The number of ketones is 2. The quantitative estimate of drug-likeness (QED) is 0.393. The highest BCUT2D eigenvalue weighted by Gasteiger charge is 2.70. The normalized spacial score (nSPS) is 41.8. The number of hydrogen-bond donors (Lipinski definition) is 0. The second kappa shape index (κ2) is 9.21. The van der Waals surface area contributed by atoms with Crippen LogP contribution in [0.15, 0.2) is 27.8 Å². The molecule has 2 unspecified atom stereocenters. The molecule has 0 N–H and O–H groups in total. The molecule has 0 bridgehead atoms. The molecule has 7 nitrogen and oxygen atoms in total. The number of nitrogens with zero attached hydrogens (tertiary/aromatic N) is 3. The minimum Gasteiger partial charge on any atom is -0.384 e. The Balaban J connectivity index is 1.49. The number of methoxy groups -OCH3 is 1. The van der Waals surface area contributed by atoms with Crippen molar-refractivity contribution in [2.75, 3.05) is 13.7 Å². The van der Waals surface area contributed by atoms with E-state index in [0.29, 0.717) is 24.7 Å². The number of nitriles is 1. The van der Waals surface area contributed by atoms with Gasteiger partial charge in [0.25, 0.3) is 0 Å². The molecule has 3 saturated carbocycles. The van der Waals surface area contributed by atoms with Crippen LogP contribution in [0.25, 0.3) is 0 Å². The van der Waals surface area contributed by atoms with Gasteiger partial charge in [-0.05, 0) is 79.1 Å². The van der Waals surface area contributed by atoms with Gasteiger partial charge in [0, 0.05) is 30.3 Å². The molecule has 5 aliphatic carbocycles. The molecular formula is C35H47N3O4. The van der Waals surface area contributed by atoms with Crippen molar-refractivity contribution < 1.29 is 18.8 Å². The molecule has 0 aromatic carbocycles. The fourth-order valence-corrected chi connectivity index (χ4v) is 10.8. The number of ether oxygens (including phenoxy) is 1. The van der Waals surface area contributed by atoms with Gasteiger partial charge in [0.1, 0.15) is 6.07 Å². The van der Waals surface area contributed by atoms with Crippen molar-refractivity contribution in [1.82, 2.24) is 10.1 Å². The number of carbonyl (C=O) groups is 2. The Kier molecular flexibility index (Phi) is 6.46. The molecule has 1 heterocycles. The smallest absolute Gasteiger partial charge is 0.233 e. The second-order valence-corrected chi connectivity index (χ2v) is 16.2. The molecule has 0 radical (unpaired) electrons. The van der Waals surface area contributed by atoms with Crippen LogP contribution in [0.4, 0.5) is 0 Å². The lowest BCUT2D eigenvalue weighted by Gasteiger charge is -2.68. The van der Waals surface area contributed by atoms with Crippen LogP contribution < -0.4 is 0 Å². The van der Waals surface area contributed by atoms with E-state index in [1.165, 1.54) is 0 Å². The van der Waals surface area contributed by atoms with E-state index in [9.17, 15) is 14.9 Å². The first-order chi connectivity index (χ1) is 19.6.